The number of nitrogens with one attached hydrogen (secondary N) is 1. The van der Waals surface area contributed by atoms with Crippen LogP contribution in [0.25, 0.3) is 10.8 Å². The molecule has 3 rings (SSSR count). The van der Waals surface area contributed by atoms with Gasteiger partial charge in [-0.05, 0) is 35.6 Å². The molecule has 1 aliphatic heterocycles. The average Bonchev–Trinajstić information content (AvgIpc) is 2.55. The van der Waals surface area contributed by atoms with Gasteiger partial charge in [-0.1, -0.05) is 42.5 Å². The van der Waals surface area contributed by atoms with Crippen molar-refractivity contribution in [2.24, 2.45) is 0 Å². The Kier molecular flexibility index (Phi) is 4.59. The second-order valence-corrected chi connectivity index (χ2v) is 5.86. The predicted octanol–water partition coefficient (Wildman–Crippen LogP) is 2.55. The molecule has 116 valence electrons. The number of β-amino-alcohol motifs (C(OH)–C–C–N with tert-alkyl or cyclic N) is 1. The van der Waals surface area contributed by atoms with E-state index in [-0.39, 0.29) is 12.1 Å². The quantitative estimate of drug-likeness (QED) is 0.915. The second kappa shape index (κ2) is 6.79. The molecular formula is C18H22N2O2. The van der Waals surface area contributed by atoms with Crippen LogP contribution in [0.3, 0.4) is 0 Å². The molecule has 1 aliphatic rings. The van der Waals surface area contributed by atoms with Crippen molar-refractivity contribution < 1.29 is 9.90 Å². The molecule has 0 aliphatic carbocycles. The zero-order valence-corrected chi connectivity index (χ0v) is 12.7. The molecule has 2 aromatic rings. The first kappa shape index (κ1) is 14.9. The summed E-state index contributed by atoms with van der Waals surface area (Å²) < 4.78 is 0. The van der Waals surface area contributed by atoms with Crippen LogP contribution >= 0.6 is 0 Å². The topological polar surface area (TPSA) is 52.6 Å². The van der Waals surface area contributed by atoms with E-state index in [2.05, 4.69) is 35.6 Å². The fourth-order valence-electron chi connectivity index (χ4n) is 3.07. The lowest BCUT2D eigenvalue weighted by Crippen LogP contribution is -2.47. The van der Waals surface area contributed by atoms with Crippen LogP contribution in [0.2, 0.25) is 0 Å². The number of carbonyl (C=O) groups is 1. The average molecular weight is 298 g/mol. The largest absolute Gasteiger partial charge is 0.391 e. The van der Waals surface area contributed by atoms with Gasteiger partial charge in [0.1, 0.15) is 0 Å². The molecule has 0 aromatic heterocycles. The lowest BCUT2D eigenvalue weighted by Gasteiger charge is -2.30. The lowest BCUT2D eigenvalue weighted by atomic mass is 10.0. The summed E-state index contributed by atoms with van der Waals surface area (Å²) in [5, 5.41) is 15.1. The normalized spacial score (nSPS) is 18.4. The van der Waals surface area contributed by atoms with Gasteiger partial charge >= 0.3 is 6.03 Å². The van der Waals surface area contributed by atoms with Gasteiger partial charge in [0.2, 0.25) is 0 Å². The second-order valence-electron chi connectivity index (χ2n) is 5.86. The molecule has 4 heteroatoms. The van der Waals surface area contributed by atoms with E-state index >= 15 is 0 Å². The van der Waals surface area contributed by atoms with E-state index in [1.165, 1.54) is 16.3 Å². The van der Waals surface area contributed by atoms with Crippen molar-refractivity contribution in [2.75, 3.05) is 19.6 Å². The third kappa shape index (κ3) is 3.39. The van der Waals surface area contributed by atoms with E-state index in [1.54, 1.807) is 4.90 Å². The Hall–Kier alpha value is -2.07. The molecular weight excluding hydrogens is 276 g/mol. The van der Waals surface area contributed by atoms with Crippen molar-refractivity contribution in [3.63, 3.8) is 0 Å². The van der Waals surface area contributed by atoms with E-state index in [4.69, 9.17) is 0 Å². The van der Waals surface area contributed by atoms with Crippen LogP contribution in [-0.2, 0) is 6.42 Å². The number of benzene rings is 2. The number of likely N-dealkylation sites (tertiary alicyclic amines) is 1. The van der Waals surface area contributed by atoms with Crippen molar-refractivity contribution in [2.45, 2.75) is 25.4 Å². The van der Waals surface area contributed by atoms with Crippen LogP contribution in [0.15, 0.2) is 42.5 Å². The van der Waals surface area contributed by atoms with Gasteiger partial charge in [-0.25, -0.2) is 4.79 Å². The van der Waals surface area contributed by atoms with Gasteiger partial charge in [0.25, 0.3) is 0 Å². The highest BCUT2D eigenvalue weighted by Gasteiger charge is 2.21. The predicted molar refractivity (Wildman–Crippen MR) is 87.9 cm³/mol. The number of nitrogens with zero attached hydrogens (tertiary/aromatic N) is 1. The van der Waals surface area contributed by atoms with Gasteiger partial charge < -0.3 is 15.3 Å². The van der Waals surface area contributed by atoms with Gasteiger partial charge in [0, 0.05) is 19.6 Å². The zero-order chi connectivity index (χ0) is 15.4. The molecule has 2 amide bonds. The van der Waals surface area contributed by atoms with Crippen molar-refractivity contribution in [3.05, 3.63) is 48.0 Å². The van der Waals surface area contributed by atoms with Gasteiger partial charge in [-0.15, -0.1) is 0 Å². The maximum atomic E-state index is 12.1. The molecule has 0 radical (unpaired) electrons. The molecule has 4 nitrogen and oxygen atoms in total. The molecule has 1 atom stereocenters. The van der Waals surface area contributed by atoms with Crippen LogP contribution in [-0.4, -0.2) is 41.8 Å². The van der Waals surface area contributed by atoms with Crippen molar-refractivity contribution >= 4 is 16.8 Å². The Morgan fingerprint density at radius 3 is 2.91 bits per heavy atom. The summed E-state index contributed by atoms with van der Waals surface area (Å²) >= 11 is 0. The SMILES string of the molecule is O=C(NCCc1cccc2ccccc12)N1CCCC(O)C1. The summed E-state index contributed by atoms with van der Waals surface area (Å²) in [6, 6.07) is 14.5. The molecule has 1 unspecified atom stereocenters. The summed E-state index contributed by atoms with van der Waals surface area (Å²) in [6.45, 7) is 1.79. The molecule has 0 spiro atoms. The third-order valence-corrected chi connectivity index (χ3v) is 4.23. The number of piperidine rings is 1. The maximum Gasteiger partial charge on any atom is 0.317 e. The van der Waals surface area contributed by atoms with E-state index in [0.29, 0.717) is 13.1 Å². The minimum atomic E-state index is -0.377. The maximum absolute atomic E-state index is 12.1. The molecule has 0 bridgehead atoms. The Labute approximate surface area is 130 Å². The van der Waals surface area contributed by atoms with Gasteiger partial charge in [0.15, 0.2) is 0 Å². The van der Waals surface area contributed by atoms with Crippen LogP contribution in [0.5, 0.6) is 0 Å². The van der Waals surface area contributed by atoms with E-state index < -0.39 is 0 Å². The number of aliphatic hydroxyl groups is 1. The fourth-order valence-corrected chi connectivity index (χ4v) is 3.07. The molecule has 1 fully saturated rings. The summed E-state index contributed by atoms with van der Waals surface area (Å²) in [7, 11) is 0. The van der Waals surface area contributed by atoms with Gasteiger partial charge in [0.05, 0.1) is 6.10 Å². The number of carbonyl (C=O) groups excluding carboxylic acids is 1. The zero-order valence-electron chi connectivity index (χ0n) is 12.7. The lowest BCUT2D eigenvalue weighted by molar-refractivity contribution is 0.0843. The molecule has 0 saturated carbocycles. The van der Waals surface area contributed by atoms with Gasteiger partial charge in [-0.3, -0.25) is 0 Å². The highest BCUT2D eigenvalue weighted by molar-refractivity contribution is 5.85. The van der Waals surface area contributed by atoms with Crippen molar-refractivity contribution in [1.29, 1.82) is 0 Å². The number of aliphatic hydroxyl groups excluding tert-OH is 1. The first-order chi connectivity index (χ1) is 10.7. The molecule has 1 saturated heterocycles. The first-order valence-corrected chi connectivity index (χ1v) is 7.91. The molecule has 2 aromatic carbocycles. The van der Waals surface area contributed by atoms with Crippen molar-refractivity contribution in [1.82, 2.24) is 10.2 Å². The Morgan fingerprint density at radius 2 is 2.05 bits per heavy atom. The number of fused-ring (bicyclic) bond motifs is 1. The Morgan fingerprint density at radius 1 is 1.23 bits per heavy atom. The van der Waals surface area contributed by atoms with E-state index in [1.807, 2.05) is 12.1 Å². The number of urea groups is 1. The summed E-state index contributed by atoms with van der Waals surface area (Å²) in [4.78, 5) is 13.8. The Balaban J connectivity index is 1.57. The fraction of sp³-hybridized carbons (Fsp3) is 0.389. The summed E-state index contributed by atoms with van der Waals surface area (Å²) in [5.74, 6) is 0. The standard InChI is InChI=1S/C18H22N2O2/c21-16-8-4-12-20(13-16)18(22)19-11-10-15-7-3-6-14-5-1-2-9-17(14)15/h1-3,5-7,9,16,21H,4,8,10-13H2,(H,19,22). The van der Waals surface area contributed by atoms with Crippen LogP contribution < -0.4 is 5.32 Å². The number of hydrogen-bond acceptors (Lipinski definition) is 2. The van der Waals surface area contributed by atoms with Crippen LogP contribution in [0.1, 0.15) is 18.4 Å². The molecule has 22 heavy (non-hydrogen) atoms. The smallest absolute Gasteiger partial charge is 0.317 e. The number of rotatable bonds is 3. The van der Waals surface area contributed by atoms with Crippen molar-refractivity contribution in [3.8, 4) is 0 Å². The molecule has 2 N–H and O–H groups in total. The van der Waals surface area contributed by atoms with E-state index in [9.17, 15) is 9.90 Å². The summed E-state index contributed by atoms with van der Waals surface area (Å²) in [6.07, 6.45) is 2.10. The minimum Gasteiger partial charge on any atom is -0.391 e. The monoisotopic (exact) mass is 298 g/mol. The third-order valence-electron chi connectivity index (χ3n) is 4.23. The molecule has 1 heterocycles. The van der Waals surface area contributed by atoms with E-state index in [0.717, 1.165) is 25.8 Å². The van der Waals surface area contributed by atoms with Gasteiger partial charge in [-0.2, -0.15) is 0 Å². The Bertz CT molecular complexity index is 651. The van der Waals surface area contributed by atoms with Crippen LogP contribution in [0.4, 0.5) is 4.79 Å². The van der Waals surface area contributed by atoms with Crippen LogP contribution in [0, 0.1) is 0 Å². The highest BCUT2D eigenvalue weighted by Crippen LogP contribution is 2.18. The summed E-state index contributed by atoms with van der Waals surface area (Å²) in [5.41, 5.74) is 1.25. The first-order valence-electron chi connectivity index (χ1n) is 7.91. The highest BCUT2D eigenvalue weighted by atomic mass is 16.3. The number of amides is 2. The number of hydrogen-bond donors (Lipinski definition) is 2. The minimum absolute atomic E-state index is 0.0704.